The zero-order valence-electron chi connectivity index (χ0n) is 18.9. The highest BCUT2D eigenvalue weighted by Gasteiger charge is 2.41. The number of hydrogen-bond donors (Lipinski definition) is 0. The first-order valence-corrected chi connectivity index (χ1v) is 11.6. The summed E-state index contributed by atoms with van der Waals surface area (Å²) in [5, 5.41) is 8.54. The molecule has 0 aromatic carbocycles. The molecule has 3 rings (SSSR count). The SMILES string of the molecule is CC(C)CCCOCCOCCOCCn1cc(CN2CCC3(CC2)COC3)nn1. The van der Waals surface area contributed by atoms with Crippen molar-refractivity contribution >= 4 is 0 Å². The van der Waals surface area contributed by atoms with Crippen molar-refractivity contribution in [2.24, 2.45) is 11.3 Å². The number of ether oxygens (including phenoxy) is 4. The molecule has 3 heterocycles. The Labute approximate surface area is 181 Å². The maximum atomic E-state index is 5.63. The lowest BCUT2D eigenvalue weighted by molar-refractivity contribution is -0.140. The quantitative estimate of drug-likeness (QED) is 0.400. The molecular formula is C22H40N4O4. The number of hydrogen-bond acceptors (Lipinski definition) is 7. The summed E-state index contributed by atoms with van der Waals surface area (Å²) in [7, 11) is 0. The van der Waals surface area contributed by atoms with Gasteiger partial charge in [0.25, 0.3) is 0 Å². The van der Waals surface area contributed by atoms with Crippen molar-refractivity contribution in [3.8, 4) is 0 Å². The van der Waals surface area contributed by atoms with E-state index in [1.54, 1.807) is 0 Å². The van der Waals surface area contributed by atoms with Gasteiger partial charge in [-0.15, -0.1) is 5.10 Å². The smallest absolute Gasteiger partial charge is 0.0967 e. The molecule has 0 bridgehead atoms. The van der Waals surface area contributed by atoms with Gasteiger partial charge in [-0.25, -0.2) is 4.68 Å². The Bertz CT molecular complexity index is 581. The lowest BCUT2D eigenvalue weighted by Crippen LogP contribution is -2.50. The summed E-state index contributed by atoms with van der Waals surface area (Å²) in [5.41, 5.74) is 1.52. The van der Waals surface area contributed by atoms with Crippen molar-refractivity contribution in [2.45, 2.75) is 52.6 Å². The Morgan fingerprint density at radius 2 is 1.67 bits per heavy atom. The summed E-state index contributed by atoms with van der Waals surface area (Å²) >= 11 is 0. The van der Waals surface area contributed by atoms with Crippen molar-refractivity contribution in [1.29, 1.82) is 0 Å². The van der Waals surface area contributed by atoms with Crippen LogP contribution in [0.15, 0.2) is 6.20 Å². The molecule has 0 radical (unpaired) electrons. The van der Waals surface area contributed by atoms with E-state index in [2.05, 4.69) is 29.1 Å². The van der Waals surface area contributed by atoms with Crippen LogP contribution in [0.5, 0.6) is 0 Å². The minimum absolute atomic E-state index is 0.482. The molecule has 1 aromatic heterocycles. The van der Waals surface area contributed by atoms with E-state index in [9.17, 15) is 0 Å². The van der Waals surface area contributed by atoms with E-state index < -0.39 is 0 Å². The predicted molar refractivity (Wildman–Crippen MR) is 114 cm³/mol. The predicted octanol–water partition coefficient (Wildman–Crippen LogP) is 2.38. The van der Waals surface area contributed by atoms with E-state index >= 15 is 0 Å². The summed E-state index contributed by atoms with van der Waals surface area (Å²) < 4.78 is 24.0. The summed E-state index contributed by atoms with van der Waals surface area (Å²) in [5.74, 6) is 0.747. The van der Waals surface area contributed by atoms with Gasteiger partial charge in [0.1, 0.15) is 0 Å². The number of nitrogens with zero attached hydrogens (tertiary/aromatic N) is 4. The van der Waals surface area contributed by atoms with Crippen molar-refractivity contribution in [3.05, 3.63) is 11.9 Å². The second kappa shape index (κ2) is 12.7. The Kier molecular flexibility index (Phi) is 10.00. The minimum Gasteiger partial charge on any atom is -0.380 e. The molecule has 0 saturated carbocycles. The van der Waals surface area contributed by atoms with Gasteiger partial charge in [0.05, 0.1) is 58.5 Å². The van der Waals surface area contributed by atoms with Gasteiger partial charge in [0, 0.05) is 24.8 Å². The van der Waals surface area contributed by atoms with Crippen LogP contribution in [-0.4, -0.2) is 85.8 Å². The highest BCUT2D eigenvalue weighted by atomic mass is 16.5. The fourth-order valence-electron chi connectivity index (χ4n) is 3.91. The molecule has 8 nitrogen and oxygen atoms in total. The van der Waals surface area contributed by atoms with Gasteiger partial charge in [0.2, 0.25) is 0 Å². The van der Waals surface area contributed by atoms with E-state index in [-0.39, 0.29) is 0 Å². The van der Waals surface area contributed by atoms with Gasteiger partial charge in [-0.3, -0.25) is 4.90 Å². The normalized spacial score (nSPS) is 18.9. The van der Waals surface area contributed by atoms with Crippen LogP contribution in [0.4, 0.5) is 0 Å². The first-order valence-electron chi connectivity index (χ1n) is 11.6. The highest BCUT2D eigenvalue weighted by molar-refractivity contribution is 4.96. The third kappa shape index (κ3) is 8.23. The molecule has 30 heavy (non-hydrogen) atoms. The Hall–Kier alpha value is -1.06. The largest absolute Gasteiger partial charge is 0.380 e. The molecule has 1 aromatic rings. The van der Waals surface area contributed by atoms with Crippen LogP contribution in [0.25, 0.3) is 0 Å². The van der Waals surface area contributed by atoms with Crippen LogP contribution in [0.1, 0.15) is 45.2 Å². The van der Waals surface area contributed by atoms with Crippen LogP contribution in [0.2, 0.25) is 0 Å². The van der Waals surface area contributed by atoms with Crippen LogP contribution < -0.4 is 0 Å². The highest BCUT2D eigenvalue weighted by Crippen LogP contribution is 2.38. The topological polar surface area (TPSA) is 70.9 Å². The van der Waals surface area contributed by atoms with Crippen molar-refractivity contribution in [1.82, 2.24) is 19.9 Å². The van der Waals surface area contributed by atoms with Gasteiger partial charge in [-0.1, -0.05) is 19.1 Å². The second-order valence-electron chi connectivity index (χ2n) is 9.12. The average molecular weight is 425 g/mol. The van der Waals surface area contributed by atoms with Crippen LogP contribution in [0, 0.1) is 11.3 Å². The van der Waals surface area contributed by atoms with E-state index in [4.69, 9.17) is 18.9 Å². The van der Waals surface area contributed by atoms with Gasteiger partial charge in [-0.05, 0) is 44.7 Å². The molecule has 1 spiro atoms. The number of piperidine rings is 1. The summed E-state index contributed by atoms with van der Waals surface area (Å²) in [6, 6.07) is 0. The van der Waals surface area contributed by atoms with Crippen molar-refractivity contribution in [3.63, 3.8) is 0 Å². The summed E-state index contributed by atoms with van der Waals surface area (Å²) in [6.45, 7) is 14.1. The molecule has 8 heteroatoms. The Morgan fingerprint density at radius 1 is 1.00 bits per heavy atom. The molecular weight excluding hydrogens is 384 g/mol. The maximum absolute atomic E-state index is 5.63. The molecule has 2 fully saturated rings. The fourth-order valence-corrected chi connectivity index (χ4v) is 3.91. The van der Waals surface area contributed by atoms with Gasteiger partial charge >= 0.3 is 0 Å². The van der Waals surface area contributed by atoms with E-state index in [1.807, 2.05) is 10.9 Å². The summed E-state index contributed by atoms with van der Waals surface area (Å²) in [4.78, 5) is 2.47. The molecule has 2 aliphatic heterocycles. The van der Waals surface area contributed by atoms with Crippen molar-refractivity contribution < 1.29 is 18.9 Å². The minimum atomic E-state index is 0.482. The first kappa shape index (κ1) is 23.6. The zero-order valence-corrected chi connectivity index (χ0v) is 18.9. The number of likely N-dealkylation sites (tertiary alicyclic amines) is 1. The first-order chi connectivity index (χ1) is 14.7. The van der Waals surface area contributed by atoms with E-state index in [0.29, 0.717) is 45.0 Å². The Morgan fingerprint density at radius 3 is 2.30 bits per heavy atom. The third-order valence-electron chi connectivity index (χ3n) is 5.98. The van der Waals surface area contributed by atoms with Gasteiger partial charge in [-0.2, -0.15) is 0 Å². The molecule has 0 N–H and O–H groups in total. The lowest BCUT2D eigenvalue weighted by atomic mass is 9.77. The summed E-state index contributed by atoms with van der Waals surface area (Å²) in [6.07, 6.45) is 6.85. The molecule has 0 atom stereocenters. The molecule has 0 amide bonds. The molecule has 0 unspecified atom stereocenters. The maximum Gasteiger partial charge on any atom is 0.0967 e. The van der Waals surface area contributed by atoms with Gasteiger partial charge in [0.15, 0.2) is 0 Å². The number of rotatable bonds is 15. The average Bonchev–Trinajstić information content (AvgIpc) is 3.15. The number of aromatic nitrogens is 3. The molecule has 2 saturated heterocycles. The molecule has 0 aliphatic carbocycles. The van der Waals surface area contributed by atoms with Crippen LogP contribution >= 0.6 is 0 Å². The van der Waals surface area contributed by atoms with Crippen molar-refractivity contribution in [2.75, 3.05) is 65.9 Å². The fraction of sp³-hybridized carbons (Fsp3) is 0.909. The zero-order chi connectivity index (χ0) is 21.1. The molecule has 172 valence electrons. The monoisotopic (exact) mass is 424 g/mol. The van der Waals surface area contributed by atoms with E-state index in [0.717, 1.165) is 57.5 Å². The second-order valence-corrected chi connectivity index (χ2v) is 9.12. The van der Waals surface area contributed by atoms with E-state index in [1.165, 1.54) is 19.3 Å². The molecule has 2 aliphatic rings. The van der Waals surface area contributed by atoms with Gasteiger partial charge < -0.3 is 18.9 Å². The van der Waals surface area contributed by atoms with Crippen LogP contribution in [0.3, 0.4) is 0 Å². The Balaban J connectivity index is 1.14. The van der Waals surface area contributed by atoms with Crippen LogP contribution in [-0.2, 0) is 32.0 Å². The lowest BCUT2D eigenvalue weighted by Gasteiger charge is -2.47. The third-order valence-corrected chi connectivity index (χ3v) is 5.98. The standard InChI is InChI=1S/C22H40N4O4/c1-20(2)4-3-10-27-12-14-29-15-13-28-11-9-26-17-21(23-24-26)16-25-7-5-22(6-8-25)18-30-19-22/h17,20H,3-16,18-19H2,1-2H3.